The first-order valence-electron chi connectivity index (χ1n) is 8.27. The van der Waals surface area contributed by atoms with Crippen LogP contribution in [0.4, 0.5) is 0 Å². The number of hydrogen-bond donors (Lipinski definition) is 1. The predicted molar refractivity (Wildman–Crippen MR) is 92.4 cm³/mol. The highest BCUT2D eigenvalue weighted by atomic mass is 32.1. The molecule has 0 spiro atoms. The van der Waals surface area contributed by atoms with Crippen molar-refractivity contribution in [3.63, 3.8) is 0 Å². The second kappa shape index (κ2) is 7.75. The van der Waals surface area contributed by atoms with Crippen LogP contribution in [0.25, 0.3) is 0 Å². The van der Waals surface area contributed by atoms with Gasteiger partial charge in [0.25, 0.3) is 0 Å². The lowest BCUT2D eigenvalue weighted by Gasteiger charge is -2.29. The van der Waals surface area contributed by atoms with Gasteiger partial charge in [-0.3, -0.25) is 14.4 Å². The molecule has 6 heteroatoms. The molecule has 0 unspecified atom stereocenters. The molecular formula is C17H24N4OS. The highest BCUT2D eigenvalue weighted by Crippen LogP contribution is 2.21. The zero-order valence-electron chi connectivity index (χ0n) is 13.5. The number of rotatable bonds is 7. The third-order valence-electron chi connectivity index (χ3n) is 4.51. The van der Waals surface area contributed by atoms with E-state index in [1.807, 2.05) is 23.9 Å². The van der Waals surface area contributed by atoms with Crippen molar-refractivity contribution in [3.8, 4) is 0 Å². The largest absolute Gasteiger partial charge is 0.354 e. The number of carbonyl (C=O) groups is 1. The van der Waals surface area contributed by atoms with Crippen LogP contribution in [0, 0.1) is 0 Å². The maximum absolute atomic E-state index is 12.4. The molecule has 23 heavy (non-hydrogen) atoms. The number of nitrogens with one attached hydrogen (secondary N) is 1. The number of thiophene rings is 1. The van der Waals surface area contributed by atoms with Crippen LogP contribution in [-0.2, 0) is 17.8 Å². The number of hydrogen-bond acceptors (Lipinski definition) is 4. The molecule has 3 rings (SSSR count). The second-order valence-electron chi connectivity index (χ2n) is 6.06. The minimum absolute atomic E-state index is 0.0820. The third kappa shape index (κ3) is 4.20. The Morgan fingerprint density at radius 3 is 3.17 bits per heavy atom. The Balaban J connectivity index is 1.49. The lowest BCUT2D eigenvalue weighted by Crippen LogP contribution is -2.48. The lowest BCUT2D eigenvalue weighted by molar-refractivity contribution is -0.126. The average Bonchev–Trinajstić information content (AvgIpc) is 3.29. The van der Waals surface area contributed by atoms with Crippen LogP contribution in [0.1, 0.15) is 24.6 Å². The highest BCUT2D eigenvalue weighted by molar-refractivity contribution is 7.09. The van der Waals surface area contributed by atoms with Gasteiger partial charge in [0.05, 0.1) is 12.6 Å². The van der Waals surface area contributed by atoms with Crippen molar-refractivity contribution < 1.29 is 4.79 Å². The monoisotopic (exact) mass is 332 g/mol. The highest BCUT2D eigenvalue weighted by Gasteiger charge is 2.32. The molecule has 0 radical (unpaired) electrons. The topological polar surface area (TPSA) is 50.2 Å². The molecule has 1 aliphatic rings. The molecular weight excluding hydrogens is 308 g/mol. The van der Waals surface area contributed by atoms with E-state index in [-0.39, 0.29) is 11.9 Å². The van der Waals surface area contributed by atoms with E-state index in [2.05, 4.69) is 32.8 Å². The minimum atomic E-state index is -0.0820. The summed E-state index contributed by atoms with van der Waals surface area (Å²) in [4.78, 5) is 16.1. The quantitative estimate of drug-likeness (QED) is 0.845. The summed E-state index contributed by atoms with van der Waals surface area (Å²) >= 11 is 1.74. The Kier molecular flexibility index (Phi) is 5.46. The lowest BCUT2D eigenvalue weighted by atomic mass is 10.2. The molecule has 1 amide bonds. The molecule has 2 atom stereocenters. The van der Waals surface area contributed by atoms with Crippen LogP contribution in [0.15, 0.2) is 36.0 Å². The summed E-state index contributed by atoms with van der Waals surface area (Å²) in [5.74, 6) is 0.133. The van der Waals surface area contributed by atoms with Crippen LogP contribution in [0.5, 0.6) is 0 Å². The Hall–Kier alpha value is -1.66. The van der Waals surface area contributed by atoms with Crippen molar-refractivity contribution in [2.45, 2.75) is 44.8 Å². The molecule has 0 aliphatic carbocycles. The maximum atomic E-state index is 12.4. The third-order valence-corrected chi connectivity index (χ3v) is 5.44. The molecule has 3 heterocycles. The Bertz CT molecular complexity index is 596. The molecule has 0 bridgehead atoms. The van der Waals surface area contributed by atoms with E-state index in [4.69, 9.17) is 0 Å². The summed E-state index contributed by atoms with van der Waals surface area (Å²) in [5.41, 5.74) is 0. The van der Waals surface area contributed by atoms with Crippen LogP contribution in [-0.4, -0.2) is 45.8 Å². The van der Waals surface area contributed by atoms with Gasteiger partial charge in [0, 0.05) is 29.9 Å². The fourth-order valence-electron chi connectivity index (χ4n) is 3.25. The maximum Gasteiger partial charge on any atom is 0.237 e. The van der Waals surface area contributed by atoms with E-state index in [0.29, 0.717) is 12.6 Å². The van der Waals surface area contributed by atoms with Crippen molar-refractivity contribution in [1.82, 2.24) is 20.0 Å². The van der Waals surface area contributed by atoms with E-state index >= 15 is 0 Å². The van der Waals surface area contributed by atoms with Crippen molar-refractivity contribution >= 4 is 17.2 Å². The zero-order chi connectivity index (χ0) is 16.1. The summed E-state index contributed by atoms with van der Waals surface area (Å²) in [7, 11) is 0. The summed E-state index contributed by atoms with van der Waals surface area (Å²) in [6, 6.07) is 6.42. The Morgan fingerprint density at radius 1 is 1.52 bits per heavy atom. The first kappa shape index (κ1) is 16.2. The summed E-state index contributed by atoms with van der Waals surface area (Å²) in [6.45, 7) is 4.58. The van der Waals surface area contributed by atoms with Gasteiger partial charge in [0.2, 0.25) is 5.91 Å². The van der Waals surface area contributed by atoms with Crippen molar-refractivity contribution in [2.24, 2.45) is 0 Å². The van der Waals surface area contributed by atoms with E-state index in [9.17, 15) is 4.79 Å². The van der Waals surface area contributed by atoms with E-state index < -0.39 is 0 Å². The summed E-state index contributed by atoms with van der Waals surface area (Å²) in [5, 5.41) is 9.44. The van der Waals surface area contributed by atoms with Crippen molar-refractivity contribution in [2.75, 3.05) is 13.1 Å². The molecule has 0 aromatic carbocycles. The molecule has 1 saturated heterocycles. The Labute approximate surface area is 141 Å². The smallest absolute Gasteiger partial charge is 0.237 e. The zero-order valence-corrected chi connectivity index (χ0v) is 14.3. The molecule has 5 nitrogen and oxygen atoms in total. The first-order valence-corrected chi connectivity index (χ1v) is 9.15. The molecule has 2 aromatic heterocycles. The van der Waals surface area contributed by atoms with E-state index in [1.54, 1.807) is 17.5 Å². The molecule has 0 saturated carbocycles. The average molecular weight is 332 g/mol. The molecule has 1 fully saturated rings. The molecule has 1 N–H and O–H groups in total. The summed E-state index contributed by atoms with van der Waals surface area (Å²) in [6.07, 6.45) is 6.99. The van der Waals surface area contributed by atoms with Gasteiger partial charge in [-0.15, -0.1) is 11.3 Å². The van der Waals surface area contributed by atoms with E-state index in [1.165, 1.54) is 4.88 Å². The van der Waals surface area contributed by atoms with Gasteiger partial charge >= 0.3 is 0 Å². The number of amides is 1. The molecule has 2 aromatic rings. The number of likely N-dealkylation sites (tertiary alicyclic amines) is 1. The normalized spacial score (nSPS) is 19.8. The molecule has 124 valence electrons. The number of nitrogens with zero attached hydrogens (tertiary/aromatic N) is 3. The van der Waals surface area contributed by atoms with Gasteiger partial charge in [0.1, 0.15) is 0 Å². The number of aromatic nitrogens is 2. The van der Waals surface area contributed by atoms with Gasteiger partial charge in [-0.1, -0.05) is 6.07 Å². The van der Waals surface area contributed by atoms with Crippen LogP contribution in [0.2, 0.25) is 0 Å². The predicted octanol–water partition coefficient (Wildman–Crippen LogP) is 2.16. The minimum Gasteiger partial charge on any atom is -0.354 e. The summed E-state index contributed by atoms with van der Waals surface area (Å²) < 4.78 is 1.96. The van der Waals surface area contributed by atoms with Gasteiger partial charge < -0.3 is 5.32 Å². The van der Waals surface area contributed by atoms with Gasteiger partial charge in [-0.05, 0) is 50.2 Å². The van der Waals surface area contributed by atoms with Gasteiger partial charge in [0.15, 0.2) is 0 Å². The first-order chi connectivity index (χ1) is 11.2. The fraction of sp³-hybridized carbons (Fsp3) is 0.529. The van der Waals surface area contributed by atoms with E-state index in [0.717, 1.165) is 32.4 Å². The van der Waals surface area contributed by atoms with Crippen LogP contribution >= 0.6 is 11.3 Å². The van der Waals surface area contributed by atoms with Crippen LogP contribution in [0.3, 0.4) is 0 Å². The van der Waals surface area contributed by atoms with Crippen molar-refractivity contribution in [1.29, 1.82) is 0 Å². The van der Waals surface area contributed by atoms with Gasteiger partial charge in [-0.2, -0.15) is 5.10 Å². The van der Waals surface area contributed by atoms with Crippen LogP contribution < -0.4 is 5.32 Å². The standard InChI is InChI=1S/C17H24N4OS/c1-14(17(22)18-9-7-16-6-3-12-23-16)21-11-2-5-15(21)13-20-10-4-8-19-20/h3-4,6,8,10,12,14-15H,2,5,7,9,11,13H2,1H3,(H,18,22)/t14-,15+/m1/s1. The number of carbonyl (C=O) groups excluding carboxylic acids is 1. The fourth-order valence-corrected chi connectivity index (χ4v) is 3.96. The second-order valence-corrected chi connectivity index (χ2v) is 7.09. The Morgan fingerprint density at radius 2 is 2.43 bits per heavy atom. The van der Waals surface area contributed by atoms with Gasteiger partial charge in [-0.25, -0.2) is 0 Å². The van der Waals surface area contributed by atoms with Crippen molar-refractivity contribution in [3.05, 3.63) is 40.8 Å². The molecule has 1 aliphatic heterocycles. The SMILES string of the molecule is C[C@H](C(=O)NCCc1cccs1)N1CCC[C@H]1Cn1cccn1.